The lowest BCUT2D eigenvalue weighted by Gasteiger charge is -2.62. The van der Waals surface area contributed by atoms with E-state index in [0.717, 1.165) is 109 Å². The number of amides is 1. The molecule has 8 rings (SSSR count). The van der Waals surface area contributed by atoms with Gasteiger partial charge in [0.25, 0.3) is 10.1 Å². The molecule has 5 N–H and O–H groups in total. The van der Waals surface area contributed by atoms with Crippen LogP contribution in [0.25, 0.3) is 0 Å². The number of aliphatic hydroxyl groups excluding tert-OH is 4. The van der Waals surface area contributed by atoms with Crippen molar-refractivity contribution in [3.05, 3.63) is 0 Å². The Kier molecular flexibility index (Phi) is 12.9. The van der Waals surface area contributed by atoms with Crippen LogP contribution in [0.4, 0.5) is 0 Å². The van der Waals surface area contributed by atoms with Gasteiger partial charge in [0.15, 0.2) is 0 Å². The second-order valence-corrected chi connectivity index (χ2v) is 25.8. The number of fused-ring (bicyclic) bond motifs is 10. The van der Waals surface area contributed by atoms with Crippen LogP contribution < -0.4 is 0 Å². The smallest absolute Gasteiger partial charge is 0.266 e. The Morgan fingerprint density at radius 1 is 0.600 bits per heavy atom. The normalized spacial score (nSPS) is 49.6. The van der Waals surface area contributed by atoms with Crippen LogP contribution in [0.3, 0.4) is 0 Å². The van der Waals surface area contributed by atoms with Crippen LogP contribution in [0.1, 0.15) is 170 Å². The molecule has 8 aliphatic rings. The first-order valence-corrected chi connectivity index (χ1v) is 26.8. The number of aliphatic hydroxyl groups is 4. The van der Waals surface area contributed by atoms with E-state index in [1.54, 1.807) is 4.90 Å². The fourth-order valence-electron chi connectivity index (χ4n) is 18.5. The first-order chi connectivity index (χ1) is 28.2. The van der Waals surface area contributed by atoms with E-state index in [1.807, 2.05) is 0 Å². The van der Waals surface area contributed by atoms with E-state index in [9.17, 15) is 38.2 Å². The molecule has 0 heterocycles. The van der Waals surface area contributed by atoms with Crippen molar-refractivity contribution < 1.29 is 38.2 Å². The molecule has 0 saturated heterocycles. The third kappa shape index (κ3) is 8.01. The van der Waals surface area contributed by atoms with Crippen molar-refractivity contribution >= 4 is 16.0 Å². The number of carbonyl (C=O) groups excluding carboxylic acids is 1. The Morgan fingerprint density at radius 3 is 1.50 bits per heavy atom. The summed E-state index contributed by atoms with van der Waals surface area (Å²) in [4.78, 5) is 15.7. The van der Waals surface area contributed by atoms with Gasteiger partial charge in [-0.05, 0) is 215 Å². The monoisotopic (exact) mass is 860 g/mol. The third-order valence-corrected chi connectivity index (χ3v) is 22.4. The molecule has 0 spiro atoms. The van der Waals surface area contributed by atoms with Crippen molar-refractivity contribution in [1.82, 2.24) is 4.90 Å². The molecular weight excluding hydrogens is 775 g/mol. The Labute approximate surface area is 363 Å². The third-order valence-electron chi connectivity index (χ3n) is 21.7. The van der Waals surface area contributed by atoms with Gasteiger partial charge in [0.1, 0.15) is 0 Å². The van der Waals surface area contributed by atoms with Crippen molar-refractivity contribution in [3.8, 4) is 0 Å². The van der Waals surface area contributed by atoms with Gasteiger partial charge in [0, 0.05) is 19.5 Å². The molecule has 8 fully saturated rings. The quantitative estimate of drug-likeness (QED) is 0.122. The highest BCUT2D eigenvalue weighted by atomic mass is 32.2. The highest BCUT2D eigenvalue weighted by molar-refractivity contribution is 7.85. The summed E-state index contributed by atoms with van der Waals surface area (Å²) in [5, 5.41) is 44.4. The van der Waals surface area contributed by atoms with E-state index in [0.29, 0.717) is 84.0 Å². The lowest BCUT2D eigenvalue weighted by molar-refractivity contribution is -0.174. The lowest BCUT2D eigenvalue weighted by Crippen LogP contribution is -2.58. The first kappa shape index (κ1) is 45.8. The van der Waals surface area contributed by atoms with Gasteiger partial charge in [-0.2, -0.15) is 8.42 Å². The topological polar surface area (TPSA) is 156 Å². The Hall–Kier alpha value is -0.780. The molecule has 8 aliphatic carbocycles. The van der Waals surface area contributed by atoms with Crippen LogP contribution in [-0.4, -0.2) is 87.5 Å². The Morgan fingerprint density at radius 2 is 1.03 bits per heavy atom. The molecule has 10 heteroatoms. The maximum atomic E-state index is 14.0. The highest BCUT2D eigenvalue weighted by Crippen LogP contribution is 2.70. The number of rotatable bonds is 12. The van der Waals surface area contributed by atoms with Gasteiger partial charge >= 0.3 is 0 Å². The highest BCUT2D eigenvalue weighted by Gasteiger charge is 2.64. The van der Waals surface area contributed by atoms with Gasteiger partial charge < -0.3 is 25.3 Å². The summed E-state index contributed by atoms with van der Waals surface area (Å²) in [6, 6.07) is 0. The van der Waals surface area contributed by atoms with Crippen LogP contribution in [0, 0.1) is 92.7 Å². The maximum Gasteiger partial charge on any atom is 0.266 e. The van der Waals surface area contributed by atoms with E-state index in [-0.39, 0.29) is 58.5 Å². The van der Waals surface area contributed by atoms with E-state index in [1.165, 1.54) is 12.8 Å². The predicted molar refractivity (Wildman–Crippen MR) is 235 cm³/mol. The van der Waals surface area contributed by atoms with E-state index < -0.39 is 15.9 Å². The lowest BCUT2D eigenvalue weighted by atomic mass is 9.43. The van der Waals surface area contributed by atoms with Gasteiger partial charge in [-0.25, -0.2) is 0 Å². The Balaban J connectivity index is 0.863. The Bertz CT molecular complexity index is 1660. The van der Waals surface area contributed by atoms with Crippen molar-refractivity contribution in [2.45, 2.75) is 194 Å². The minimum Gasteiger partial charge on any atom is -0.393 e. The zero-order chi connectivity index (χ0) is 43.2. The van der Waals surface area contributed by atoms with Gasteiger partial charge in [-0.15, -0.1) is 0 Å². The van der Waals surface area contributed by atoms with Crippen molar-refractivity contribution in [1.29, 1.82) is 0 Å². The minimum atomic E-state index is -4.21. The summed E-state index contributed by atoms with van der Waals surface area (Å²) < 4.78 is 33.6. The molecule has 0 aromatic rings. The molecule has 0 aliphatic heterocycles. The zero-order valence-corrected chi connectivity index (χ0v) is 39.1. The van der Waals surface area contributed by atoms with Crippen molar-refractivity contribution in [2.24, 2.45) is 92.7 Å². The molecule has 9 nitrogen and oxygen atoms in total. The van der Waals surface area contributed by atoms with Gasteiger partial charge in [0.2, 0.25) is 5.91 Å². The zero-order valence-electron chi connectivity index (χ0n) is 38.3. The largest absolute Gasteiger partial charge is 0.393 e. The number of carbonyl (C=O) groups is 1. The van der Waals surface area contributed by atoms with E-state index >= 15 is 0 Å². The molecule has 344 valence electrons. The molecule has 0 aromatic heterocycles. The van der Waals surface area contributed by atoms with Gasteiger partial charge in [-0.3, -0.25) is 9.35 Å². The number of hydrogen-bond acceptors (Lipinski definition) is 7. The molecule has 0 bridgehead atoms. The molecule has 0 aromatic carbocycles. The molecule has 8 saturated carbocycles. The molecule has 60 heavy (non-hydrogen) atoms. The summed E-state index contributed by atoms with van der Waals surface area (Å²) in [5.74, 6) is 4.86. The molecule has 20 atom stereocenters. The maximum absolute atomic E-state index is 14.0. The van der Waals surface area contributed by atoms with Crippen molar-refractivity contribution in [3.63, 3.8) is 0 Å². The molecule has 4 unspecified atom stereocenters. The van der Waals surface area contributed by atoms with Crippen LogP contribution in [-0.2, 0) is 14.9 Å². The first-order valence-electron chi connectivity index (χ1n) is 25.1. The van der Waals surface area contributed by atoms with E-state index in [4.69, 9.17) is 0 Å². The average Bonchev–Trinajstić information content (AvgIpc) is 3.72. The average molecular weight is 860 g/mol. The summed E-state index contributed by atoms with van der Waals surface area (Å²) in [5.41, 5.74) is 0.722. The van der Waals surface area contributed by atoms with Crippen LogP contribution in [0.5, 0.6) is 0 Å². The fourth-order valence-corrected chi connectivity index (χ4v) is 18.9. The molecular formula is C50H85NO8S. The molecule has 1 amide bonds. The van der Waals surface area contributed by atoms with Gasteiger partial charge in [0.05, 0.1) is 30.2 Å². The fraction of sp³-hybridized carbons (Fsp3) is 0.980. The van der Waals surface area contributed by atoms with Crippen molar-refractivity contribution in [2.75, 3.05) is 18.8 Å². The van der Waals surface area contributed by atoms with Gasteiger partial charge in [-0.1, -0.05) is 41.5 Å². The number of nitrogens with zero attached hydrogens (tertiary/aromatic N) is 1. The van der Waals surface area contributed by atoms with Crippen LogP contribution in [0.2, 0.25) is 0 Å². The van der Waals surface area contributed by atoms with Crippen LogP contribution in [0.15, 0.2) is 0 Å². The summed E-state index contributed by atoms with van der Waals surface area (Å²) in [6.07, 6.45) is 18.3. The van der Waals surface area contributed by atoms with Crippen LogP contribution >= 0.6 is 0 Å². The standard InChI is InChI=1S/C50H85NO8S/c1-30(36-10-12-38-45-40(17-21-49(36,38)5)47(3)19-15-34(52)26-32(47)28-42(45)54)8-7-23-51(24-25-60(57,58)59)44(56)14-9-31(2)37-11-13-39-46-41(18-22-50(37,39)6)48(4)20-16-35(53)27-33(48)29-43(46)55/h30-43,45-46,52-55H,7-29H2,1-6H3,(H,57,58,59)/t30-,31+,32?,33?,34-,35+,36-,37+,38?,39?,40+,41-,42+,43-,45+,46-,47+,48-,49-,50+/m0/s1. The SMILES string of the molecule is C[C@H](CCC(=O)N(CCC[C@H](C)[C@@H]1CCC2[C@H]3[C@H](O)CC4C[C@@H](O)CC[C@@]4(C)[C@@H]3CC[C@]21C)CCS(=O)(=O)O)[C@H]1CCC2[C@@H]3[C@@H](O)CC4C[C@H](O)CC[C@]4(C)[C@H]3CC[C@@]21C. The summed E-state index contributed by atoms with van der Waals surface area (Å²) >= 11 is 0. The van der Waals surface area contributed by atoms with E-state index in [2.05, 4.69) is 41.5 Å². The summed E-state index contributed by atoms with van der Waals surface area (Å²) in [6.45, 7) is 15.1. The molecule has 0 radical (unpaired) electrons. The second kappa shape index (κ2) is 16.9. The predicted octanol–water partition coefficient (Wildman–Crippen LogP) is 8.52. The second-order valence-electron chi connectivity index (χ2n) is 24.2. The number of hydrogen-bond donors (Lipinski definition) is 5. The minimum absolute atomic E-state index is 0.0118. The summed E-state index contributed by atoms with van der Waals surface area (Å²) in [7, 11) is -4.21.